The third kappa shape index (κ3) is 5.96. The number of nitrogens with zero attached hydrogens (tertiary/aromatic N) is 1. The van der Waals surface area contributed by atoms with Crippen LogP contribution in [0.5, 0.6) is 5.75 Å². The fraction of sp³-hybridized carbons (Fsp3) is 0.515. The molecule has 236 valence electrons. The normalized spacial score (nSPS) is 30.0. The molecule has 2 bridgehead atoms. The number of aryl methyl sites for hydroxylation is 1. The van der Waals surface area contributed by atoms with Gasteiger partial charge in [-0.25, -0.2) is 13.1 Å². The molecular weight excluding hydrogens is 602 g/mol. The minimum atomic E-state index is -4.20. The third-order valence-electron chi connectivity index (χ3n) is 9.74. The largest absolute Gasteiger partial charge is 0.490 e. The second-order valence-electron chi connectivity index (χ2n) is 13.1. The number of rotatable bonds is 1. The lowest BCUT2D eigenvalue weighted by atomic mass is 9.68. The first kappa shape index (κ1) is 30.9. The number of fused-ring (bicyclic) bond motifs is 4. The predicted octanol–water partition coefficient (Wildman–Crippen LogP) is 4.51. The summed E-state index contributed by atoms with van der Waals surface area (Å²) in [5, 5.41) is 3.82. The standard InChI is InChI=1S/C33H40ClN3O6S/c1-21(38)35-28-7-5-15-43-32(2,3)31(39)36-44(40,41)25-10-13-30-29(17-25)37(18-23-8-11-26(23)28)19-33(20-42-30)14-4-6-22-16-24(34)9-12-27(22)33/h5,7,9-10,12-13,16-17,23,26,28H,4,6,8,11,14-15,18-20H2,1-3H3,(H,35,38)(H,36,39)/b7-5-/t23-,26+,28-,33-/m0/s1. The maximum Gasteiger partial charge on any atom is 0.265 e. The maximum atomic E-state index is 13.5. The van der Waals surface area contributed by atoms with Crippen LogP contribution in [0, 0.1) is 11.8 Å². The number of carbonyl (C=O) groups excluding carboxylic acids is 2. The van der Waals surface area contributed by atoms with Gasteiger partial charge in [0.25, 0.3) is 15.9 Å². The molecule has 4 atom stereocenters. The Balaban J connectivity index is 1.45. The highest BCUT2D eigenvalue weighted by atomic mass is 35.5. The number of benzene rings is 2. The van der Waals surface area contributed by atoms with Crippen LogP contribution in [0.4, 0.5) is 5.69 Å². The van der Waals surface area contributed by atoms with Crippen molar-refractivity contribution in [2.24, 2.45) is 11.8 Å². The average Bonchev–Trinajstić information content (AvgIpc) is 3.09. The molecule has 4 aliphatic rings. The summed E-state index contributed by atoms with van der Waals surface area (Å²) in [6.07, 6.45) is 8.53. The van der Waals surface area contributed by atoms with Crippen LogP contribution in [0.15, 0.2) is 53.4 Å². The molecule has 2 aromatic carbocycles. The molecule has 0 aromatic heterocycles. The van der Waals surface area contributed by atoms with Crippen LogP contribution >= 0.6 is 11.6 Å². The molecule has 2 amide bonds. The van der Waals surface area contributed by atoms with E-state index < -0.39 is 21.5 Å². The lowest BCUT2D eigenvalue weighted by molar-refractivity contribution is -0.139. The van der Waals surface area contributed by atoms with Crippen LogP contribution < -0.4 is 19.7 Å². The second-order valence-corrected chi connectivity index (χ2v) is 15.3. The molecule has 9 nitrogen and oxygen atoms in total. The molecule has 0 unspecified atom stereocenters. The van der Waals surface area contributed by atoms with Crippen molar-refractivity contribution in [3.8, 4) is 5.75 Å². The van der Waals surface area contributed by atoms with E-state index in [1.165, 1.54) is 38.0 Å². The van der Waals surface area contributed by atoms with Crippen LogP contribution in [0.2, 0.25) is 5.02 Å². The lowest BCUT2D eigenvalue weighted by Gasteiger charge is -2.46. The Labute approximate surface area is 264 Å². The Morgan fingerprint density at radius 2 is 1.98 bits per heavy atom. The Hall–Kier alpha value is -3.08. The van der Waals surface area contributed by atoms with Crippen molar-refractivity contribution in [1.82, 2.24) is 10.0 Å². The third-order valence-corrected chi connectivity index (χ3v) is 11.3. The fourth-order valence-corrected chi connectivity index (χ4v) is 8.52. The highest BCUT2D eigenvalue weighted by Gasteiger charge is 2.45. The van der Waals surface area contributed by atoms with Gasteiger partial charge >= 0.3 is 0 Å². The zero-order valence-corrected chi connectivity index (χ0v) is 27.0. The molecule has 1 spiro atoms. The molecule has 6 rings (SSSR count). The summed E-state index contributed by atoms with van der Waals surface area (Å²) in [5.41, 5.74) is 1.39. The summed E-state index contributed by atoms with van der Waals surface area (Å²) >= 11 is 6.40. The van der Waals surface area contributed by atoms with Gasteiger partial charge in [-0.1, -0.05) is 29.8 Å². The molecular formula is C33H40ClN3O6S. The van der Waals surface area contributed by atoms with E-state index in [0.29, 0.717) is 36.2 Å². The zero-order valence-electron chi connectivity index (χ0n) is 25.4. The Bertz CT molecular complexity index is 1610. The van der Waals surface area contributed by atoms with E-state index in [2.05, 4.69) is 27.1 Å². The quantitative estimate of drug-likeness (QED) is 0.441. The van der Waals surface area contributed by atoms with E-state index in [0.717, 1.165) is 32.1 Å². The number of nitrogens with one attached hydrogen (secondary N) is 2. The van der Waals surface area contributed by atoms with Crippen molar-refractivity contribution < 1.29 is 27.5 Å². The molecule has 2 aliphatic heterocycles. The van der Waals surface area contributed by atoms with E-state index >= 15 is 0 Å². The van der Waals surface area contributed by atoms with Crippen molar-refractivity contribution >= 4 is 39.1 Å². The predicted molar refractivity (Wildman–Crippen MR) is 169 cm³/mol. The highest BCUT2D eigenvalue weighted by Crippen LogP contribution is 2.47. The van der Waals surface area contributed by atoms with Crippen LogP contribution in [0.3, 0.4) is 0 Å². The Kier molecular flexibility index (Phi) is 8.22. The number of sulfonamides is 1. The smallest absolute Gasteiger partial charge is 0.265 e. The second kappa shape index (κ2) is 11.7. The van der Waals surface area contributed by atoms with Crippen molar-refractivity contribution in [3.05, 3.63) is 64.7 Å². The van der Waals surface area contributed by atoms with Gasteiger partial charge in [0, 0.05) is 30.5 Å². The first-order valence-corrected chi connectivity index (χ1v) is 17.2. The van der Waals surface area contributed by atoms with E-state index in [1.807, 2.05) is 12.1 Å². The van der Waals surface area contributed by atoms with Gasteiger partial charge in [0.2, 0.25) is 5.91 Å². The van der Waals surface area contributed by atoms with Gasteiger partial charge in [-0.05, 0) is 99.2 Å². The maximum absolute atomic E-state index is 13.5. The van der Waals surface area contributed by atoms with Crippen LogP contribution in [0.25, 0.3) is 0 Å². The Morgan fingerprint density at radius 1 is 1.16 bits per heavy atom. The molecule has 2 N–H and O–H groups in total. The van der Waals surface area contributed by atoms with Gasteiger partial charge in [0.05, 0.1) is 29.8 Å². The van der Waals surface area contributed by atoms with Crippen molar-refractivity contribution in [2.75, 3.05) is 31.2 Å². The van der Waals surface area contributed by atoms with Gasteiger partial charge in [-0.3, -0.25) is 9.59 Å². The molecule has 1 saturated carbocycles. The molecule has 0 saturated heterocycles. The molecule has 11 heteroatoms. The summed E-state index contributed by atoms with van der Waals surface area (Å²) in [5.74, 6) is 0.160. The number of anilines is 1. The van der Waals surface area contributed by atoms with E-state index in [-0.39, 0.29) is 40.7 Å². The summed E-state index contributed by atoms with van der Waals surface area (Å²) in [4.78, 5) is 27.6. The molecule has 0 radical (unpaired) electrons. The molecule has 2 heterocycles. The van der Waals surface area contributed by atoms with Crippen LogP contribution in [-0.2, 0) is 36.2 Å². The number of amides is 2. The molecule has 2 aliphatic carbocycles. The zero-order chi connectivity index (χ0) is 31.3. The first-order valence-electron chi connectivity index (χ1n) is 15.3. The number of hydrogen-bond donors (Lipinski definition) is 2. The topological polar surface area (TPSA) is 114 Å². The number of hydrogen-bond acceptors (Lipinski definition) is 7. The van der Waals surface area contributed by atoms with E-state index in [4.69, 9.17) is 21.1 Å². The lowest BCUT2D eigenvalue weighted by Crippen LogP contribution is -2.51. The average molecular weight is 642 g/mol. The first-order chi connectivity index (χ1) is 20.9. The van der Waals surface area contributed by atoms with Gasteiger partial charge in [-0.2, -0.15) is 0 Å². The van der Waals surface area contributed by atoms with Gasteiger partial charge in [0.15, 0.2) is 0 Å². The van der Waals surface area contributed by atoms with E-state index in [1.54, 1.807) is 18.2 Å². The summed E-state index contributed by atoms with van der Waals surface area (Å²) in [6.45, 7) is 6.41. The van der Waals surface area contributed by atoms with E-state index in [9.17, 15) is 18.0 Å². The van der Waals surface area contributed by atoms with Crippen LogP contribution in [-0.4, -0.2) is 58.2 Å². The van der Waals surface area contributed by atoms with Crippen LogP contribution in [0.1, 0.15) is 57.6 Å². The number of ether oxygens (including phenoxy) is 2. The van der Waals surface area contributed by atoms with Gasteiger partial charge in [-0.15, -0.1) is 0 Å². The number of halogens is 1. The van der Waals surface area contributed by atoms with Crippen molar-refractivity contribution in [1.29, 1.82) is 0 Å². The van der Waals surface area contributed by atoms with Gasteiger partial charge in [0.1, 0.15) is 11.4 Å². The molecule has 2 aromatic rings. The fourth-order valence-electron chi connectivity index (χ4n) is 7.20. The summed E-state index contributed by atoms with van der Waals surface area (Å²) in [7, 11) is -4.20. The monoisotopic (exact) mass is 641 g/mol. The summed E-state index contributed by atoms with van der Waals surface area (Å²) < 4.78 is 41.6. The summed E-state index contributed by atoms with van der Waals surface area (Å²) in [6, 6.07) is 10.7. The molecule has 1 fully saturated rings. The van der Waals surface area contributed by atoms with Crippen molar-refractivity contribution in [2.45, 2.75) is 74.8 Å². The number of carbonyl (C=O) groups is 2. The SMILES string of the molecule is CC(=O)N[C@H]1/C=C\COC(C)(C)C(=O)NS(=O)(=O)c2ccc3c(c2)N(C[C@@H]2CC[C@H]21)C[C@@]1(CCCc2cc(Cl)ccc21)CO3. The molecule has 44 heavy (non-hydrogen) atoms. The highest BCUT2D eigenvalue weighted by molar-refractivity contribution is 7.90. The van der Waals surface area contributed by atoms with Crippen molar-refractivity contribution in [3.63, 3.8) is 0 Å². The van der Waals surface area contributed by atoms with Gasteiger partial charge < -0.3 is 19.7 Å². The minimum absolute atomic E-state index is 0.0194. The minimum Gasteiger partial charge on any atom is -0.490 e. The Morgan fingerprint density at radius 3 is 2.73 bits per heavy atom.